The van der Waals surface area contributed by atoms with E-state index >= 15 is 0 Å². The molecule has 674 valence electrons. The number of para-hydroxylation sites is 2. The maximum absolute atomic E-state index is 12.7. The number of nitrogens with zero attached hydrogens (tertiary/aromatic N) is 2. The number of nitrogens with two attached hydrogens (primary N) is 2. The van der Waals surface area contributed by atoms with Crippen molar-refractivity contribution in [3.05, 3.63) is 337 Å². The van der Waals surface area contributed by atoms with Crippen LogP contribution in [0.3, 0.4) is 0 Å². The first-order valence-electron chi connectivity index (χ1n) is 42.0. The highest BCUT2D eigenvalue weighted by molar-refractivity contribution is 7.22. The quantitative estimate of drug-likeness (QED) is 0.00583. The zero-order valence-electron chi connectivity index (χ0n) is 73.2. The summed E-state index contributed by atoms with van der Waals surface area (Å²) in [6, 6.07) is 76.8. The van der Waals surface area contributed by atoms with Gasteiger partial charge in [0.15, 0.2) is 16.0 Å². The number of hydrogen-bond acceptors (Lipinski definition) is 25. The van der Waals surface area contributed by atoms with E-state index in [-0.39, 0.29) is 29.9 Å². The number of esters is 4. The van der Waals surface area contributed by atoms with E-state index in [1.54, 1.807) is 78.9 Å². The van der Waals surface area contributed by atoms with Crippen molar-refractivity contribution < 1.29 is 76.9 Å². The van der Waals surface area contributed by atoms with Gasteiger partial charge in [-0.3, -0.25) is 4.79 Å². The molecule has 130 heavy (non-hydrogen) atoms. The smallest absolute Gasteiger partial charge is 0.343 e. The maximum atomic E-state index is 12.7. The summed E-state index contributed by atoms with van der Waals surface area (Å²) >= 11 is 3.04. The summed E-state index contributed by atoms with van der Waals surface area (Å²) in [5.41, 5.74) is 25.6. The molecule has 0 unspecified atom stereocenters. The Labute approximate surface area is 766 Å². The third kappa shape index (κ3) is 34.8. The van der Waals surface area contributed by atoms with Crippen molar-refractivity contribution in [3.8, 4) is 67.9 Å². The number of fused-ring (bicyclic) bond motifs is 2. The van der Waals surface area contributed by atoms with Gasteiger partial charge in [0.05, 0.1) is 76.8 Å². The van der Waals surface area contributed by atoms with Gasteiger partial charge in [0, 0.05) is 53.9 Å². The molecule has 24 nitrogen and oxygen atoms in total. The van der Waals surface area contributed by atoms with Gasteiger partial charge in [-0.1, -0.05) is 198 Å². The summed E-state index contributed by atoms with van der Waals surface area (Å²) < 4.78 is 45.1. The van der Waals surface area contributed by atoms with Gasteiger partial charge in [0.1, 0.15) is 41.1 Å². The number of phenols is 1. The minimum atomic E-state index is -0.962. The van der Waals surface area contributed by atoms with Gasteiger partial charge in [-0.15, -0.1) is 0 Å². The molecule has 0 saturated carbocycles. The normalized spacial score (nSPS) is 10.2. The van der Waals surface area contributed by atoms with Crippen molar-refractivity contribution in [1.82, 2.24) is 16.1 Å². The predicted octanol–water partition coefficient (Wildman–Crippen LogP) is 22.7. The second-order valence-electron chi connectivity index (χ2n) is 28.5. The van der Waals surface area contributed by atoms with Crippen molar-refractivity contribution in [2.45, 2.75) is 91.4 Å². The fourth-order valence-electron chi connectivity index (χ4n) is 12.2. The fraction of sp³-hybridized carbons (Fsp3) is 0.202. The van der Waals surface area contributed by atoms with Gasteiger partial charge in [-0.2, -0.15) is 0 Å². The van der Waals surface area contributed by atoms with Gasteiger partial charge in [0.25, 0.3) is 0 Å². The molecule has 0 aliphatic rings. The highest BCUT2D eigenvalue weighted by Crippen LogP contribution is 2.32. The standard InChI is InChI=1S/2C30H31NO5.C16H17NO.C14H16O5.2C7H6N2S.H3N/c1-3-7-22-8-10-23(11-9-22)25-14-17-28(26(20-25)21-31)36-30(33)24-12-15-27(16-13-24)34-18-5-6-19-35-29(32)4-2;1-3-6-22-7-9-23(10-8-22)25-13-16-29(26(19-25)20-31)36-30(33)24-11-14-28(15-12-24)35-18-5-17-34-21-27(32)4-2;1-2-3-12-4-6-13(7-5-12)14-8-9-16(18)15(10-14)11-17;1-2-13(15)19-10-4-3-9-18-12-7-5-11(6-8-12)14(16)17;2*8-7-9-5-3-1-2-4-6(5)10-7;/h4,8-17,20-21,31H,2-3,5-7,18-19H2,1H3;4,7-16,19-20,31H,2-3,5-6,17-18,21H2,1H3;4-11,17-18H,2-3H2,1H3;2,5-8H,1,3-4,9-10H2,(H,16,17);2*1-4H,(H2,8,9);1H3. The van der Waals surface area contributed by atoms with Crippen molar-refractivity contribution in [1.29, 1.82) is 16.2 Å². The molecule has 2 aromatic heterocycles. The summed E-state index contributed by atoms with van der Waals surface area (Å²) in [4.78, 5) is 77.0. The zero-order valence-corrected chi connectivity index (χ0v) is 74.8. The molecule has 0 fully saturated rings. The number of rotatable bonds is 39. The highest BCUT2D eigenvalue weighted by atomic mass is 32.1. The molecular formula is C104H110N8O16S2. The average Bonchev–Trinajstić information content (AvgIpc) is 1.28. The number of aromatic hydroxyl groups is 1. The lowest BCUT2D eigenvalue weighted by Gasteiger charge is -2.11. The number of thiazole rings is 2. The number of aromatic nitrogens is 2. The van der Waals surface area contributed by atoms with E-state index in [1.165, 1.54) is 76.2 Å². The van der Waals surface area contributed by atoms with Gasteiger partial charge in [-0.25, -0.2) is 33.9 Å². The van der Waals surface area contributed by atoms with Crippen LogP contribution in [0.5, 0.6) is 34.5 Å². The van der Waals surface area contributed by atoms with Crippen molar-refractivity contribution in [2.24, 2.45) is 0 Å². The number of aryl methyl sites for hydroxylation is 3. The molecule has 0 aliphatic heterocycles. The number of aromatic carboxylic acids is 1. The summed E-state index contributed by atoms with van der Waals surface area (Å²) in [6.45, 7) is 19.0. The number of carbonyl (C=O) groups excluding carboxylic acids is 5. The van der Waals surface area contributed by atoms with Gasteiger partial charge in [0.2, 0.25) is 0 Å². The lowest BCUT2D eigenvalue weighted by atomic mass is 10.0. The van der Waals surface area contributed by atoms with Crippen LogP contribution in [-0.4, -0.2) is 121 Å². The molecule has 0 aliphatic carbocycles. The van der Waals surface area contributed by atoms with Crippen LogP contribution in [-0.2, 0) is 47.9 Å². The molecule has 26 heteroatoms. The maximum Gasteiger partial charge on any atom is 0.343 e. The van der Waals surface area contributed by atoms with E-state index in [0.717, 1.165) is 117 Å². The van der Waals surface area contributed by atoms with E-state index in [9.17, 15) is 33.9 Å². The summed E-state index contributed by atoms with van der Waals surface area (Å²) in [5.74, 6) is -0.321. The second kappa shape index (κ2) is 56.3. The second-order valence-corrected chi connectivity index (χ2v) is 30.7. The zero-order chi connectivity index (χ0) is 92.5. The molecule has 0 saturated heterocycles. The van der Waals surface area contributed by atoms with Gasteiger partial charge < -0.3 is 82.0 Å². The number of nitrogens with one attached hydrogen (secondary N) is 3. The van der Waals surface area contributed by atoms with Gasteiger partial charge >= 0.3 is 29.8 Å². The Bertz CT molecular complexity index is 5500. The first-order chi connectivity index (χ1) is 62.7. The third-order valence-corrected chi connectivity index (χ3v) is 20.6. The molecule has 0 bridgehead atoms. The lowest BCUT2D eigenvalue weighted by Crippen LogP contribution is -2.10. The number of ketones is 1. The lowest BCUT2D eigenvalue weighted by molar-refractivity contribution is -0.138. The SMILES string of the molecule is C=CC(=O)COCCCOc1ccc(C(=O)Oc2ccc(-c3ccc(CCC)cc3)cc2C=N)cc1.C=CC(=O)OCCCCOc1ccc(C(=O)O)cc1.C=CC(=O)OCCCCOc1ccc(C(=O)Oc2ccc(-c3ccc(CCC)cc3)cc2C=N)cc1.CCCc1ccc(-c2ccc(O)c(C=N)c2)cc1.N.Nc1nc2ccccc2s1.Nc1nc2ccccc2s1. The van der Waals surface area contributed by atoms with Crippen molar-refractivity contribution >= 4 is 108 Å². The Morgan fingerprint density at radius 3 is 1.08 bits per heavy atom. The largest absolute Gasteiger partial charge is 0.507 e. The van der Waals surface area contributed by atoms with Crippen LogP contribution in [0, 0.1) is 16.2 Å². The topological polar surface area (TPSA) is 401 Å². The van der Waals surface area contributed by atoms with E-state index in [4.69, 9.17) is 70.7 Å². The molecule has 13 rings (SSSR count). The third-order valence-electron chi connectivity index (χ3n) is 18.9. The number of benzene rings is 11. The Morgan fingerprint density at radius 1 is 0.400 bits per heavy atom. The molecule has 2 heterocycles. The van der Waals surface area contributed by atoms with E-state index in [1.807, 2.05) is 84.9 Å². The number of carboxylic acids is 1. The number of phenolic OH excluding ortho intramolecular Hbond substituents is 1. The van der Waals surface area contributed by atoms with Crippen LogP contribution < -0.4 is 41.3 Å². The van der Waals surface area contributed by atoms with E-state index in [0.29, 0.717) is 126 Å². The van der Waals surface area contributed by atoms with Crippen LogP contribution in [0.4, 0.5) is 10.3 Å². The first-order valence-corrected chi connectivity index (χ1v) is 43.6. The number of anilines is 2. The number of carbonyl (C=O) groups is 6. The van der Waals surface area contributed by atoms with Gasteiger partial charge in [-0.05, 0) is 235 Å². The van der Waals surface area contributed by atoms with Crippen LogP contribution in [0.2, 0.25) is 0 Å². The average molecular weight is 1790 g/mol. The monoisotopic (exact) mass is 1790 g/mol. The predicted molar refractivity (Wildman–Crippen MR) is 520 cm³/mol. The van der Waals surface area contributed by atoms with Crippen LogP contribution in [0.25, 0.3) is 53.8 Å². The Morgan fingerprint density at radius 2 is 0.738 bits per heavy atom. The molecular weight excluding hydrogens is 1680 g/mol. The highest BCUT2D eigenvalue weighted by Gasteiger charge is 2.17. The fourth-order valence-corrected chi connectivity index (χ4v) is 13.6. The summed E-state index contributed by atoms with van der Waals surface area (Å²) in [5, 5.41) is 42.4. The van der Waals surface area contributed by atoms with Crippen LogP contribution >= 0.6 is 22.7 Å². The molecule has 0 radical (unpaired) electrons. The number of nitrogen functional groups attached to an aromatic ring is 2. The minimum absolute atomic E-state index is 0. The van der Waals surface area contributed by atoms with E-state index < -0.39 is 29.8 Å². The number of unbranched alkanes of at least 4 members (excludes halogenated alkanes) is 2. The Kier molecular flexibility index (Phi) is 44.3. The number of carboxylic acid groups (broad SMARTS) is 1. The Balaban J connectivity index is 0.000000227. The molecule has 0 atom stereocenters. The van der Waals surface area contributed by atoms with Crippen molar-refractivity contribution in [3.63, 3.8) is 0 Å². The number of ether oxygens (including phenoxy) is 8. The minimum Gasteiger partial charge on any atom is -0.507 e. The molecule has 0 amide bonds. The summed E-state index contributed by atoms with van der Waals surface area (Å²) in [6.07, 6.45) is 17.0. The number of hydrogen-bond donors (Lipinski definition) is 8. The molecule has 11 aromatic carbocycles. The summed E-state index contributed by atoms with van der Waals surface area (Å²) in [7, 11) is 0. The van der Waals surface area contributed by atoms with E-state index in [2.05, 4.69) is 123 Å². The van der Waals surface area contributed by atoms with Crippen LogP contribution in [0.1, 0.15) is 137 Å². The molecule has 0 spiro atoms. The van der Waals surface area contributed by atoms with Crippen LogP contribution in [0.15, 0.2) is 287 Å². The first kappa shape index (κ1) is 102. The Hall–Kier alpha value is -14.8. The molecule has 13 aromatic rings. The molecule has 12 N–H and O–H groups in total. The van der Waals surface area contributed by atoms with Crippen molar-refractivity contribution in [2.75, 3.05) is 57.7 Å².